The van der Waals surface area contributed by atoms with Crippen LogP contribution in [0.1, 0.15) is 31.9 Å². The molecule has 1 atom stereocenters. The first kappa shape index (κ1) is 18.0. The topological polar surface area (TPSA) is 79.5 Å². The molecule has 1 unspecified atom stereocenters. The van der Waals surface area contributed by atoms with E-state index in [1.165, 1.54) is 0 Å². The Bertz CT molecular complexity index is 489. The van der Waals surface area contributed by atoms with Crippen LogP contribution in [0.4, 0.5) is 4.79 Å². The molecule has 0 aliphatic heterocycles. The molecule has 0 radical (unpaired) electrons. The van der Waals surface area contributed by atoms with Crippen LogP contribution in [-0.4, -0.2) is 38.2 Å². The molecule has 122 valence electrons. The number of hydrogen-bond donors (Lipinski definition) is 3. The quantitative estimate of drug-likeness (QED) is 0.715. The Hall–Kier alpha value is -2.08. The van der Waals surface area contributed by atoms with Crippen LogP contribution in [0.25, 0.3) is 0 Å². The van der Waals surface area contributed by atoms with Gasteiger partial charge in [-0.05, 0) is 25.8 Å². The molecule has 22 heavy (non-hydrogen) atoms. The second kappa shape index (κ2) is 8.38. The Balaban J connectivity index is 2.60. The summed E-state index contributed by atoms with van der Waals surface area (Å²) in [7, 11) is 3.18. The van der Waals surface area contributed by atoms with Gasteiger partial charge in [-0.3, -0.25) is 4.79 Å². The minimum absolute atomic E-state index is 0.265. The molecule has 1 aromatic rings. The van der Waals surface area contributed by atoms with Crippen LogP contribution in [0.3, 0.4) is 0 Å². The molecule has 0 saturated carbocycles. The predicted molar refractivity (Wildman–Crippen MR) is 85.5 cm³/mol. The lowest BCUT2D eigenvalue weighted by Gasteiger charge is -2.23. The molecule has 1 rings (SSSR count). The first-order valence-electron chi connectivity index (χ1n) is 7.25. The van der Waals surface area contributed by atoms with Gasteiger partial charge < -0.3 is 20.7 Å². The fraction of sp³-hybridized carbons (Fsp3) is 0.500. The van der Waals surface area contributed by atoms with Crippen LogP contribution < -0.4 is 16.0 Å². The number of amides is 3. The molecule has 0 aromatic heterocycles. The monoisotopic (exact) mass is 307 g/mol. The van der Waals surface area contributed by atoms with Crippen molar-refractivity contribution in [3.05, 3.63) is 35.9 Å². The van der Waals surface area contributed by atoms with Crippen LogP contribution in [0.5, 0.6) is 0 Å². The third kappa shape index (κ3) is 5.73. The summed E-state index contributed by atoms with van der Waals surface area (Å²) in [5, 5.41) is 7.98. The highest BCUT2D eigenvalue weighted by atomic mass is 16.5. The smallest absolute Gasteiger partial charge is 0.315 e. The van der Waals surface area contributed by atoms with Crippen molar-refractivity contribution >= 4 is 11.9 Å². The number of rotatable bonds is 7. The second-order valence-electron chi connectivity index (χ2n) is 5.57. The Labute approximate surface area is 131 Å². The van der Waals surface area contributed by atoms with E-state index in [0.29, 0.717) is 13.0 Å². The van der Waals surface area contributed by atoms with Crippen molar-refractivity contribution in [1.29, 1.82) is 0 Å². The molecule has 0 fully saturated rings. The molecular weight excluding hydrogens is 282 g/mol. The number of likely N-dealkylation sites (N-methyl/N-ethyl adjacent to an activating group) is 1. The van der Waals surface area contributed by atoms with Crippen LogP contribution >= 0.6 is 0 Å². The number of urea groups is 1. The molecule has 6 nitrogen and oxygen atoms in total. The first-order chi connectivity index (χ1) is 10.4. The molecule has 6 heteroatoms. The SMILES string of the molecule is CNC(=O)C(NC(=O)NCCC(C)(C)OC)c1ccccc1. The van der Waals surface area contributed by atoms with E-state index >= 15 is 0 Å². The molecule has 0 aliphatic rings. The van der Waals surface area contributed by atoms with E-state index in [9.17, 15) is 9.59 Å². The fourth-order valence-electron chi connectivity index (χ4n) is 1.85. The Morgan fingerprint density at radius 3 is 2.41 bits per heavy atom. The summed E-state index contributed by atoms with van der Waals surface area (Å²) in [5.41, 5.74) is 0.432. The highest BCUT2D eigenvalue weighted by molar-refractivity contribution is 5.87. The first-order valence-corrected chi connectivity index (χ1v) is 7.25. The van der Waals surface area contributed by atoms with E-state index in [-0.39, 0.29) is 17.5 Å². The molecule has 0 spiro atoms. The summed E-state index contributed by atoms with van der Waals surface area (Å²) in [6.45, 7) is 4.36. The lowest BCUT2D eigenvalue weighted by molar-refractivity contribution is -0.122. The van der Waals surface area contributed by atoms with Crippen molar-refractivity contribution in [3.8, 4) is 0 Å². The lowest BCUT2D eigenvalue weighted by Crippen LogP contribution is -2.44. The zero-order chi connectivity index (χ0) is 16.6. The highest BCUT2D eigenvalue weighted by Gasteiger charge is 2.22. The summed E-state index contributed by atoms with van der Waals surface area (Å²) >= 11 is 0. The van der Waals surface area contributed by atoms with Crippen molar-refractivity contribution in [2.45, 2.75) is 31.9 Å². The van der Waals surface area contributed by atoms with E-state index in [4.69, 9.17) is 4.74 Å². The predicted octanol–water partition coefficient (Wildman–Crippen LogP) is 1.59. The average Bonchev–Trinajstić information content (AvgIpc) is 2.52. The summed E-state index contributed by atoms with van der Waals surface area (Å²) in [6, 6.07) is 8.00. The Morgan fingerprint density at radius 1 is 1.23 bits per heavy atom. The minimum atomic E-state index is -0.721. The molecule has 0 bridgehead atoms. The number of methoxy groups -OCH3 is 1. The van der Waals surface area contributed by atoms with Gasteiger partial charge in [0, 0.05) is 20.7 Å². The van der Waals surface area contributed by atoms with Gasteiger partial charge in [0.1, 0.15) is 6.04 Å². The van der Waals surface area contributed by atoms with Gasteiger partial charge in [0.05, 0.1) is 5.60 Å². The summed E-state index contributed by atoms with van der Waals surface area (Å²) in [6.07, 6.45) is 0.674. The van der Waals surface area contributed by atoms with Gasteiger partial charge in [-0.15, -0.1) is 0 Å². The summed E-state index contributed by atoms with van der Waals surface area (Å²) < 4.78 is 5.29. The van der Waals surface area contributed by atoms with Gasteiger partial charge in [0.25, 0.3) is 0 Å². The van der Waals surface area contributed by atoms with Gasteiger partial charge in [-0.25, -0.2) is 4.79 Å². The van der Waals surface area contributed by atoms with Crippen molar-refractivity contribution in [1.82, 2.24) is 16.0 Å². The van der Waals surface area contributed by atoms with E-state index in [1.54, 1.807) is 26.3 Å². The van der Waals surface area contributed by atoms with Crippen LogP contribution in [0, 0.1) is 0 Å². The number of hydrogen-bond acceptors (Lipinski definition) is 3. The zero-order valence-corrected chi connectivity index (χ0v) is 13.6. The second-order valence-corrected chi connectivity index (χ2v) is 5.57. The van der Waals surface area contributed by atoms with Gasteiger partial charge in [-0.1, -0.05) is 30.3 Å². The molecular formula is C16H25N3O3. The van der Waals surface area contributed by atoms with E-state index in [0.717, 1.165) is 5.56 Å². The van der Waals surface area contributed by atoms with E-state index in [1.807, 2.05) is 32.0 Å². The molecule has 0 aliphatic carbocycles. The number of carbonyl (C=O) groups is 2. The molecule has 3 N–H and O–H groups in total. The standard InChI is InChI=1S/C16H25N3O3/c1-16(2,22-4)10-11-18-15(21)19-13(14(20)17-3)12-8-6-5-7-9-12/h5-9,13H,10-11H2,1-4H3,(H,17,20)(H2,18,19,21). The molecule has 1 aromatic carbocycles. The third-order valence-electron chi connectivity index (χ3n) is 3.48. The maximum absolute atomic E-state index is 12.0. The van der Waals surface area contributed by atoms with Crippen molar-refractivity contribution < 1.29 is 14.3 Å². The van der Waals surface area contributed by atoms with Crippen LogP contribution in [0.2, 0.25) is 0 Å². The van der Waals surface area contributed by atoms with E-state index < -0.39 is 6.04 Å². The van der Waals surface area contributed by atoms with Gasteiger partial charge >= 0.3 is 6.03 Å². The average molecular weight is 307 g/mol. The number of nitrogens with one attached hydrogen (secondary N) is 3. The van der Waals surface area contributed by atoms with Crippen molar-refractivity contribution in [2.75, 3.05) is 20.7 Å². The van der Waals surface area contributed by atoms with Crippen molar-refractivity contribution in [3.63, 3.8) is 0 Å². The minimum Gasteiger partial charge on any atom is -0.379 e. The summed E-state index contributed by atoms with van der Waals surface area (Å²) in [5.74, 6) is -0.265. The normalized spacial score (nSPS) is 12.4. The van der Waals surface area contributed by atoms with Crippen LogP contribution in [-0.2, 0) is 9.53 Å². The van der Waals surface area contributed by atoms with Crippen LogP contribution in [0.15, 0.2) is 30.3 Å². The molecule has 0 heterocycles. The number of benzene rings is 1. The third-order valence-corrected chi connectivity index (χ3v) is 3.48. The maximum Gasteiger partial charge on any atom is 0.315 e. The van der Waals surface area contributed by atoms with Gasteiger partial charge in [0.15, 0.2) is 0 Å². The highest BCUT2D eigenvalue weighted by Crippen LogP contribution is 2.13. The zero-order valence-electron chi connectivity index (χ0n) is 13.6. The van der Waals surface area contributed by atoms with E-state index in [2.05, 4.69) is 16.0 Å². The Morgan fingerprint density at radius 2 is 1.86 bits per heavy atom. The summed E-state index contributed by atoms with van der Waals surface area (Å²) in [4.78, 5) is 23.9. The molecule has 3 amide bonds. The fourth-order valence-corrected chi connectivity index (χ4v) is 1.85. The number of carbonyl (C=O) groups excluding carboxylic acids is 2. The lowest BCUT2D eigenvalue weighted by atomic mass is 10.1. The van der Waals surface area contributed by atoms with Crippen molar-refractivity contribution in [2.24, 2.45) is 0 Å². The molecule has 0 saturated heterocycles. The number of ether oxygens (including phenoxy) is 1. The maximum atomic E-state index is 12.0. The van der Waals surface area contributed by atoms with Gasteiger partial charge in [-0.2, -0.15) is 0 Å². The van der Waals surface area contributed by atoms with Gasteiger partial charge in [0.2, 0.25) is 5.91 Å². The largest absolute Gasteiger partial charge is 0.379 e. The Kier molecular flexibility index (Phi) is 6.85.